The minimum absolute atomic E-state index is 0.0218. The molecular weight excluding hydrogens is 274 g/mol. The van der Waals surface area contributed by atoms with Crippen molar-refractivity contribution in [2.75, 3.05) is 13.1 Å². The van der Waals surface area contributed by atoms with Gasteiger partial charge in [0.25, 0.3) is 0 Å². The van der Waals surface area contributed by atoms with Crippen LogP contribution in [0.5, 0.6) is 0 Å². The first-order valence-electron chi connectivity index (χ1n) is 7.27. The van der Waals surface area contributed by atoms with Gasteiger partial charge in [-0.15, -0.1) is 0 Å². The van der Waals surface area contributed by atoms with Gasteiger partial charge in [-0.3, -0.25) is 9.59 Å². The molecule has 120 valence electrons. The van der Waals surface area contributed by atoms with Gasteiger partial charge in [0.05, 0.1) is 0 Å². The van der Waals surface area contributed by atoms with E-state index in [1.807, 2.05) is 13.8 Å². The molecule has 1 rings (SSSR count). The largest absolute Gasteiger partial charge is 0.481 e. The molecule has 0 atom stereocenters. The zero-order valence-electron chi connectivity index (χ0n) is 12.7. The van der Waals surface area contributed by atoms with Gasteiger partial charge >= 0.3 is 12.0 Å². The summed E-state index contributed by atoms with van der Waals surface area (Å²) in [6.07, 6.45) is 2.32. The number of nitrogens with two attached hydrogens (primary N) is 1. The van der Waals surface area contributed by atoms with E-state index < -0.39 is 11.5 Å². The third kappa shape index (κ3) is 6.46. The molecule has 4 N–H and O–H groups in total. The summed E-state index contributed by atoms with van der Waals surface area (Å²) < 4.78 is 0. The number of primary amides is 1. The first-order valence-corrected chi connectivity index (χ1v) is 7.27. The summed E-state index contributed by atoms with van der Waals surface area (Å²) >= 11 is 0. The average molecular weight is 299 g/mol. The Kier molecular flexibility index (Phi) is 5.99. The fourth-order valence-electron chi connectivity index (χ4n) is 2.48. The third-order valence-corrected chi connectivity index (χ3v) is 3.80. The van der Waals surface area contributed by atoms with Crippen LogP contribution in [0.2, 0.25) is 0 Å². The number of aliphatic carboxylic acids is 1. The highest BCUT2D eigenvalue weighted by Gasteiger charge is 2.28. The maximum atomic E-state index is 12.2. The van der Waals surface area contributed by atoms with Crippen molar-refractivity contribution in [1.29, 1.82) is 0 Å². The SMILES string of the molecule is CC(C)(CCC(=O)O)NC(=O)N1CCC(CC(N)=O)CC1. The molecule has 1 aliphatic heterocycles. The number of nitrogens with one attached hydrogen (secondary N) is 1. The predicted octanol–water partition coefficient (Wildman–Crippen LogP) is 0.927. The minimum Gasteiger partial charge on any atom is -0.481 e. The minimum atomic E-state index is -0.871. The molecule has 7 nitrogen and oxygen atoms in total. The number of carbonyl (C=O) groups excluding carboxylic acids is 2. The summed E-state index contributed by atoms with van der Waals surface area (Å²) in [5, 5.41) is 11.6. The number of carbonyl (C=O) groups is 3. The fourth-order valence-corrected chi connectivity index (χ4v) is 2.48. The lowest BCUT2D eigenvalue weighted by molar-refractivity contribution is -0.137. The first kappa shape index (κ1) is 17.3. The molecule has 0 radical (unpaired) electrons. The van der Waals surface area contributed by atoms with E-state index in [1.165, 1.54) is 0 Å². The Morgan fingerprint density at radius 1 is 1.29 bits per heavy atom. The Morgan fingerprint density at radius 2 is 1.86 bits per heavy atom. The highest BCUT2D eigenvalue weighted by Crippen LogP contribution is 2.21. The van der Waals surface area contributed by atoms with Gasteiger partial charge in [-0.05, 0) is 39.0 Å². The van der Waals surface area contributed by atoms with E-state index in [-0.39, 0.29) is 24.3 Å². The van der Waals surface area contributed by atoms with Crippen LogP contribution >= 0.6 is 0 Å². The number of amides is 3. The molecule has 21 heavy (non-hydrogen) atoms. The number of piperidine rings is 1. The zero-order valence-corrected chi connectivity index (χ0v) is 12.7. The standard InChI is InChI=1S/C14H25N3O4/c1-14(2,6-3-12(19)20)16-13(21)17-7-4-10(5-8-17)9-11(15)18/h10H,3-9H2,1-2H3,(H2,15,18)(H,16,21)(H,19,20). The summed E-state index contributed by atoms with van der Waals surface area (Å²) in [6.45, 7) is 4.82. The number of hydrogen-bond acceptors (Lipinski definition) is 3. The van der Waals surface area contributed by atoms with E-state index in [2.05, 4.69) is 5.32 Å². The molecule has 7 heteroatoms. The Labute approximate surface area is 124 Å². The molecular formula is C14H25N3O4. The predicted molar refractivity (Wildman–Crippen MR) is 77.6 cm³/mol. The molecule has 0 aromatic heterocycles. The summed E-state index contributed by atoms with van der Waals surface area (Å²) in [5.41, 5.74) is 4.62. The molecule has 0 saturated carbocycles. The van der Waals surface area contributed by atoms with E-state index >= 15 is 0 Å². The molecule has 0 aliphatic carbocycles. The number of carboxylic acids is 1. The second-order valence-electron chi connectivity index (χ2n) is 6.31. The maximum absolute atomic E-state index is 12.2. The van der Waals surface area contributed by atoms with Crippen LogP contribution in [-0.4, -0.2) is 46.5 Å². The van der Waals surface area contributed by atoms with Gasteiger partial charge in [-0.2, -0.15) is 0 Å². The fraction of sp³-hybridized carbons (Fsp3) is 0.786. The molecule has 0 unspecified atom stereocenters. The van der Waals surface area contributed by atoms with Gasteiger partial charge in [0, 0.05) is 31.5 Å². The highest BCUT2D eigenvalue weighted by atomic mass is 16.4. The van der Waals surface area contributed by atoms with E-state index in [1.54, 1.807) is 4.90 Å². The molecule has 0 spiro atoms. The van der Waals surface area contributed by atoms with E-state index in [0.29, 0.717) is 25.9 Å². The van der Waals surface area contributed by atoms with Crippen molar-refractivity contribution in [3.63, 3.8) is 0 Å². The van der Waals surface area contributed by atoms with Gasteiger partial charge < -0.3 is 21.1 Å². The number of hydrogen-bond donors (Lipinski definition) is 3. The van der Waals surface area contributed by atoms with E-state index in [4.69, 9.17) is 10.8 Å². The summed E-state index contributed by atoms with van der Waals surface area (Å²) in [5.74, 6) is -0.913. The number of carboxylic acid groups (broad SMARTS) is 1. The number of urea groups is 1. The lowest BCUT2D eigenvalue weighted by atomic mass is 9.93. The molecule has 1 fully saturated rings. The molecule has 0 aromatic rings. The van der Waals surface area contributed by atoms with Gasteiger partial charge in [0.2, 0.25) is 5.91 Å². The molecule has 0 aromatic carbocycles. The number of rotatable bonds is 6. The van der Waals surface area contributed by atoms with Crippen molar-refractivity contribution < 1.29 is 19.5 Å². The normalized spacial score (nSPS) is 16.6. The maximum Gasteiger partial charge on any atom is 0.317 e. The van der Waals surface area contributed by atoms with Crippen LogP contribution in [0.1, 0.15) is 46.0 Å². The summed E-state index contributed by atoms with van der Waals surface area (Å²) in [6, 6.07) is -0.178. The topological polar surface area (TPSA) is 113 Å². The van der Waals surface area contributed by atoms with Crippen LogP contribution in [0.15, 0.2) is 0 Å². The average Bonchev–Trinajstić information content (AvgIpc) is 2.36. The lowest BCUT2D eigenvalue weighted by Crippen LogP contribution is -2.52. The zero-order chi connectivity index (χ0) is 16.0. The van der Waals surface area contributed by atoms with Crippen LogP contribution in [0, 0.1) is 5.92 Å². The van der Waals surface area contributed by atoms with Crippen LogP contribution in [0.25, 0.3) is 0 Å². The van der Waals surface area contributed by atoms with Crippen LogP contribution in [-0.2, 0) is 9.59 Å². The molecule has 0 bridgehead atoms. The smallest absolute Gasteiger partial charge is 0.317 e. The number of nitrogens with zero attached hydrogens (tertiary/aromatic N) is 1. The van der Waals surface area contributed by atoms with Crippen molar-refractivity contribution in [2.24, 2.45) is 11.7 Å². The van der Waals surface area contributed by atoms with E-state index in [9.17, 15) is 14.4 Å². The Balaban J connectivity index is 2.39. The second kappa shape index (κ2) is 7.28. The Hall–Kier alpha value is -1.79. The monoisotopic (exact) mass is 299 g/mol. The van der Waals surface area contributed by atoms with E-state index in [0.717, 1.165) is 12.8 Å². The molecule has 3 amide bonds. The summed E-state index contributed by atoms with van der Waals surface area (Å²) in [7, 11) is 0. The van der Waals surface area contributed by atoms with Crippen molar-refractivity contribution in [2.45, 2.75) is 51.5 Å². The van der Waals surface area contributed by atoms with Crippen molar-refractivity contribution in [3.05, 3.63) is 0 Å². The summed E-state index contributed by atoms with van der Waals surface area (Å²) in [4.78, 5) is 35.3. The second-order valence-corrected chi connectivity index (χ2v) is 6.31. The van der Waals surface area contributed by atoms with Crippen LogP contribution < -0.4 is 11.1 Å². The Morgan fingerprint density at radius 3 is 2.33 bits per heavy atom. The highest BCUT2D eigenvalue weighted by molar-refractivity contribution is 5.76. The molecule has 1 aliphatic rings. The van der Waals surface area contributed by atoms with Gasteiger partial charge in [0.15, 0.2) is 0 Å². The molecule has 1 saturated heterocycles. The first-order chi connectivity index (χ1) is 9.69. The number of likely N-dealkylation sites (tertiary alicyclic amines) is 1. The third-order valence-electron chi connectivity index (χ3n) is 3.80. The van der Waals surface area contributed by atoms with Crippen molar-refractivity contribution in [1.82, 2.24) is 10.2 Å². The molecule has 1 heterocycles. The van der Waals surface area contributed by atoms with Gasteiger partial charge in [-0.1, -0.05) is 0 Å². The Bertz CT molecular complexity index is 401. The quantitative estimate of drug-likeness (QED) is 0.677. The van der Waals surface area contributed by atoms with Crippen LogP contribution in [0.4, 0.5) is 4.79 Å². The van der Waals surface area contributed by atoms with Crippen molar-refractivity contribution in [3.8, 4) is 0 Å². The van der Waals surface area contributed by atoms with Crippen LogP contribution in [0.3, 0.4) is 0 Å². The van der Waals surface area contributed by atoms with Crippen molar-refractivity contribution >= 4 is 17.9 Å². The van der Waals surface area contributed by atoms with Gasteiger partial charge in [0.1, 0.15) is 0 Å². The lowest BCUT2D eigenvalue weighted by Gasteiger charge is -2.35. The van der Waals surface area contributed by atoms with Gasteiger partial charge in [-0.25, -0.2) is 4.79 Å².